The minimum absolute atomic E-state index is 0.499. The zero-order valence-corrected chi connectivity index (χ0v) is 7.46. The van der Waals surface area contributed by atoms with Crippen LogP contribution in [0.25, 0.3) is 0 Å². The van der Waals surface area contributed by atoms with E-state index in [4.69, 9.17) is 0 Å². The zero-order valence-electron chi connectivity index (χ0n) is 6.64. The van der Waals surface area contributed by atoms with Gasteiger partial charge in [-0.3, -0.25) is 0 Å². The Morgan fingerprint density at radius 1 is 1.60 bits per heavy atom. The van der Waals surface area contributed by atoms with Gasteiger partial charge in [-0.05, 0) is 37.9 Å². The molecular weight excluding hydrogens is 142 g/mol. The van der Waals surface area contributed by atoms with Crippen LogP contribution in [0.4, 0.5) is 0 Å². The summed E-state index contributed by atoms with van der Waals surface area (Å²) in [6, 6.07) is 2.73. The molecule has 0 radical (unpaired) electrons. The molecule has 1 aromatic rings. The fourth-order valence-electron chi connectivity index (χ4n) is 0.823. The number of hydrogen-bond donors (Lipinski definition) is 1. The fraction of sp³-hybridized carbons (Fsp3) is 0.500. The van der Waals surface area contributed by atoms with Crippen LogP contribution >= 0.6 is 11.3 Å². The highest BCUT2D eigenvalue weighted by Gasteiger charge is 2.02. The Labute approximate surface area is 66.1 Å². The molecule has 0 spiro atoms. The highest BCUT2D eigenvalue weighted by Crippen LogP contribution is 2.20. The van der Waals surface area contributed by atoms with E-state index in [0.29, 0.717) is 6.04 Å². The molecule has 0 amide bonds. The third-order valence-electron chi connectivity index (χ3n) is 1.61. The predicted octanol–water partition coefficient (Wildman–Crippen LogP) is 2.34. The van der Waals surface area contributed by atoms with Gasteiger partial charge in [-0.1, -0.05) is 0 Å². The summed E-state index contributed by atoms with van der Waals surface area (Å²) in [4.78, 5) is 1.42. The molecule has 0 bridgehead atoms. The van der Waals surface area contributed by atoms with Gasteiger partial charge in [0, 0.05) is 10.9 Å². The maximum atomic E-state index is 3.20. The summed E-state index contributed by atoms with van der Waals surface area (Å²) in [5.41, 5.74) is 1.36. The fourth-order valence-corrected chi connectivity index (χ4v) is 1.79. The molecule has 0 aliphatic rings. The molecule has 1 unspecified atom stereocenters. The first-order chi connectivity index (χ1) is 4.74. The van der Waals surface area contributed by atoms with Crippen molar-refractivity contribution in [2.75, 3.05) is 7.05 Å². The largest absolute Gasteiger partial charge is 0.313 e. The summed E-state index contributed by atoms with van der Waals surface area (Å²) in [6.07, 6.45) is 0. The van der Waals surface area contributed by atoms with Crippen molar-refractivity contribution in [3.05, 3.63) is 21.9 Å². The smallest absolute Gasteiger partial charge is 0.0383 e. The number of aryl methyl sites for hydroxylation is 1. The first-order valence-electron chi connectivity index (χ1n) is 3.46. The van der Waals surface area contributed by atoms with Crippen molar-refractivity contribution in [2.24, 2.45) is 0 Å². The first-order valence-corrected chi connectivity index (χ1v) is 4.34. The molecule has 1 atom stereocenters. The van der Waals surface area contributed by atoms with E-state index in [0.717, 1.165) is 0 Å². The van der Waals surface area contributed by atoms with Gasteiger partial charge in [0.2, 0.25) is 0 Å². The van der Waals surface area contributed by atoms with E-state index in [9.17, 15) is 0 Å². The molecule has 1 aromatic heterocycles. The van der Waals surface area contributed by atoms with Gasteiger partial charge in [0.15, 0.2) is 0 Å². The maximum absolute atomic E-state index is 3.20. The van der Waals surface area contributed by atoms with Crippen LogP contribution in [-0.2, 0) is 0 Å². The second kappa shape index (κ2) is 3.17. The van der Waals surface area contributed by atoms with Gasteiger partial charge in [-0.15, -0.1) is 11.3 Å². The lowest BCUT2D eigenvalue weighted by Crippen LogP contribution is -2.10. The summed E-state index contributed by atoms with van der Waals surface area (Å²) in [6.45, 7) is 4.30. The Morgan fingerprint density at radius 2 is 2.30 bits per heavy atom. The molecule has 1 rings (SSSR count). The van der Waals surface area contributed by atoms with Crippen LogP contribution < -0.4 is 5.32 Å². The van der Waals surface area contributed by atoms with Crippen LogP contribution in [-0.4, -0.2) is 7.05 Å². The Kier molecular flexibility index (Phi) is 2.46. The zero-order chi connectivity index (χ0) is 7.56. The van der Waals surface area contributed by atoms with E-state index in [1.165, 1.54) is 10.4 Å². The van der Waals surface area contributed by atoms with Crippen molar-refractivity contribution in [3.63, 3.8) is 0 Å². The summed E-state index contributed by atoms with van der Waals surface area (Å²) < 4.78 is 0. The average molecular weight is 155 g/mol. The summed E-state index contributed by atoms with van der Waals surface area (Å²) in [5, 5.41) is 5.39. The molecule has 0 saturated heterocycles. The number of hydrogen-bond acceptors (Lipinski definition) is 2. The topological polar surface area (TPSA) is 12.0 Å². The van der Waals surface area contributed by atoms with Gasteiger partial charge in [-0.2, -0.15) is 0 Å². The highest BCUT2D eigenvalue weighted by atomic mass is 32.1. The van der Waals surface area contributed by atoms with Crippen molar-refractivity contribution >= 4 is 11.3 Å². The normalized spacial score (nSPS) is 13.5. The van der Waals surface area contributed by atoms with Crippen LogP contribution in [0.3, 0.4) is 0 Å². The van der Waals surface area contributed by atoms with E-state index in [1.807, 2.05) is 18.4 Å². The Hall–Kier alpha value is -0.340. The monoisotopic (exact) mass is 155 g/mol. The van der Waals surface area contributed by atoms with E-state index in [1.54, 1.807) is 0 Å². The first kappa shape index (κ1) is 7.76. The van der Waals surface area contributed by atoms with Crippen molar-refractivity contribution in [3.8, 4) is 0 Å². The molecule has 0 saturated carbocycles. The molecule has 56 valence electrons. The van der Waals surface area contributed by atoms with Crippen LogP contribution in [0.5, 0.6) is 0 Å². The Balaban J connectivity index is 2.74. The standard InChI is InChI=1S/C8H13NS/c1-6-4-8(10-5-6)7(2)9-3/h4-5,7,9H,1-3H3. The Morgan fingerprint density at radius 3 is 2.70 bits per heavy atom. The lowest BCUT2D eigenvalue weighted by molar-refractivity contribution is 0.664. The summed E-state index contributed by atoms with van der Waals surface area (Å²) in [7, 11) is 1.99. The predicted molar refractivity (Wildman–Crippen MR) is 46.5 cm³/mol. The highest BCUT2D eigenvalue weighted by molar-refractivity contribution is 7.10. The molecule has 0 aliphatic carbocycles. The molecular formula is C8H13NS. The van der Waals surface area contributed by atoms with E-state index < -0.39 is 0 Å². The van der Waals surface area contributed by atoms with Gasteiger partial charge in [0.05, 0.1) is 0 Å². The molecule has 0 fully saturated rings. The second-order valence-electron chi connectivity index (χ2n) is 2.54. The second-order valence-corrected chi connectivity index (χ2v) is 3.48. The van der Waals surface area contributed by atoms with Crippen LogP contribution in [0.1, 0.15) is 23.4 Å². The summed E-state index contributed by atoms with van der Waals surface area (Å²) >= 11 is 1.82. The van der Waals surface area contributed by atoms with Gasteiger partial charge < -0.3 is 5.32 Å². The van der Waals surface area contributed by atoms with Gasteiger partial charge in [0.1, 0.15) is 0 Å². The lowest BCUT2D eigenvalue weighted by atomic mass is 10.2. The molecule has 1 heterocycles. The van der Waals surface area contributed by atoms with Crippen LogP contribution in [0, 0.1) is 6.92 Å². The minimum atomic E-state index is 0.499. The average Bonchev–Trinajstić information content (AvgIpc) is 2.34. The SMILES string of the molecule is CNC(C)c1cc(C)cs1. The van der Waals surface area contributed by atoms with Crippen LogP contribution in [0.15, 0.2) is 11.4 Å². The van der Waals surface area contributed by atoms with Crippen molar-refractivity contribution in [2.45, 2.75) is 19.9 Å². The maximum Gasteiger partial charge on any atom is 0.0383 e. The van der Waals surface area contributed by atoms with Crippen molar-refractivity contribution in [1.82, 2.24) is 5.32 Å². The molecule has 2 heteroatoms. The van der Waals surface area contributed by atoms with Crippen molar-refractivity contribution in [1.29, 1.82) is 0 Å². The van der Waals surface area contributed by atoms with E-state index >= 15 is 0 Å². The third kappa shape index (κ3) is 1.58. The number of rotatable bonds is 2. The third-order valence-corrected chi connectivity index (χ3v) is 2.84. The van der Waals surface area contributed by atoms with Gasteiger partial charge >= 0.3 is 0 Å². The molecule has 1 nitrogen and oxygen atoms in total. The number of nitrogens with one attached hydrogen (secondary N) is 1. The van der Waals surface area contributed by atoms with Crippen LogP contribution in [0.2, 0.25) is 0 Å². The lowest BCUT2D eigenvalue weighted by Gasteiger charge is -2.05. The quantitative estimate of drug-likeness (QED) is 0.691. The van der Waals surface area contributed by atoms with Crippen molar-refractivity contribution < 1.29 is 0 Å². The molecule has 10 heavy (non-hydrogen) atoms. The minimum Gasteiger partial charge on any atom is -0.313 e. The van der Waals surface area contributed by atoms with Gasteiger partial charge in [-0.25, -0.2) is 0 Å². The number of thiophene rings is 1. The Bertz CT molecular complexity index is 205. The van der Waals surface area contributed by atoms with E-state index in [2.05, 4.69) is 30.6 Å². The van der Waals surface area contributed by atoms with E-state index in [-0.39, 0.29) is 0 Å². The molecule has 1 N–H and O–H groups in total. The molecule has 0 aromatic carbocycles. The summed E-state index contributed by atoms with van der Waals surface area (Å²) in [5.74, 6) is 0. The molecule has 0 aliphatic heterocycles. The van der Waals surface area contributed by atoms with Gasteiger partial charge in [0.25, 0.3) is 0 Å².